The molecular formula is C13H9ClF3NO. The van der Waals surface area contributed by atoms with Crippen LogP contribution in [-0.2, 0) is 6.54 Å². The van der Waals surface area contributed by atoms with Gasteiger partial charge < -0.3 is 10.4 Å². The van der Waals surface area contributed by atoms with E-state index in [1.54, 1.807) is 12.1 Å². The SMILES string of the molecule is Oc1cccc(Cl)c1CNc1ccc(F)c(F)c1F. The Labute approximate surface area is 112 Å². The van der Waals surface area contributed by atoms with Gasteiger partial charge in [-0.1, -0.05) is 17.7 Å². The molecule has 0 bridgehead atoms. The van der Waals surface area contributed by atoms with Crippen molar-refractivity contribution in [1.82, 2.24) is 0 Å². The molecule has 0 radical (unpaired) electrons. The van der Waals surface area contributed by atoms with E-state index in [1.165, 1.54) is 6.07 Å². The van der Waals surface area contributed by atoms with Crippen molar-refractivity contribution < 1.29 is 18.3 Å². The second-order valence-corrected chi connectivity index (χ2v) is 4.22. The average molecular weight is 288 g/mol. The van der Waals surface area contributed by atoms with Crippen molar-refractivity contribution in [2.75, 3.05) is 5.32 Å². The summed E-state index contributed by atoms with van der Waals surface area (Å²) in [6, 6.07) is 6.42. The predicted octanol–water partition coefficient (Wildman–Crippen LogP) is 4.08. The molecule has 0 unspecified atom stereocenters. The second kappa shape index (κ2) is 5.40. The van der Waals surface area contributed by atoms with Crippen LogP contribution in [0.25, 0.3) is 0 Å². The Morgan fingerprint density at radius 3 is 2.47 bits per heavy atom. The van der Waals surface area contributed by atoms with E-state index < -0.39 is 17.5 Å². The van der Waals surface area contributed by atoms with Crippen molar-refractivity contribution >= 4 is 17.3 Å². The Bertz CT molecular complexity index is 599. The molecule has 0 aliphatic heterocycles. The van der Waals surface area contributed by atoms with Crippen LogP contribution in [0.5, 0.6) is 5.75 Å². The predicted molar refractivity (Wildman–Crippen MR) is 66.8 cm³/mol. The summed E-state index contributed by atoms with van der Waals surface area (Å²) in [6.07, 6.45) is 0. The smallest absolute Gasteiger partial charge is 0.196 e. The third kappa shape index (κ3) is 2.76. The van der Waals surface area contributed by atoms with Gasteiger partial charge in [-0.3, -0.25) is 0 Å². The molecule has 0 aromatic heterocycles. The fraction of sp³-hybridized carbons (Fsp3) is 0.0769. The van der Waals surface area contributed by atoms with Gasteiger partial charge in [0.2, 0.25) is 0 Å². The van der Waals surface area contributed by atoms with E-state index in [1.807, 2.05) is 0 Å². The topological polar surface area (TPSA) is 32.3 Å². The molecule has 2 aromatic carbocycles. The summed E-state index contributed by atoms with van der Waals surface area (Å²) in [5, 5.41) is 12.4. The number of nitrogens with one attached hydrogen (secondary N) is 1. The Hall–Kier alpha value is -1.88. The van der Waals surface area contributed by atoms with Crippen LogP contribution in [0.4, 0.5) is 18.9 Å². The number of phenolic OH excluding ortho intramolecular Hbond substituents is 1. The minimum atomic E-state index is -1.55. The number of anilines is 1. The van der Waals surface area contributed by atoms with E-state index in [-0.39, 0.29) is 23.0 Å². The molecule has 0 spiro atoms. The van der Waals surface area contributed by atoms with Gasteiger partial charge in [-0.25, -0.2) is 13.2 Å². The zero-order chi connectivity index (χ0) is 14.0. The molecule has 100 valence electrons. The van der Waals surface area contributed by atoms with Gasteiger partial charge in [0, 0.05) is 17.1 Å². The lowest BCUT2D eigenvalue weighted by molar-refractivity contribution is 0.448. The molecule has 2 rings (SSSR count). The van der Waals surface area contributed by atoms with E-state index in [0.29, 0.717) is 5.56 Å². The Kier molecular flexibility index (Phi) is 3.85. The summed E-state index contributed by atoms with van der Waals surface area (Å²) in [6.45, 7) is -0.0203. The van der Waals surface area contributed by atoms with Gasteiger partial charge in [-0.2, -0.15) is 0 Å². The van der Waals surface area contributed by atoms with Gasteiger partial charge in [-0.15, -0.1) is 0 Å². The first kappa shape index (κ1) is 13.5. The molecular weight excluding hydrogens is 279 g/mol. The van der Waals surface area contributed by atoms with Crippen molar-refractivity contribution in [1.29, 1.82) is 0 Å². The van der Waals surface area contributed by atoms with Crippen molar-refractivity contribution in [3.05, 3.63) is 58.4 Å². The summed E-state index contributed by atoms with van der Waals surface area (Å²) >= 11 is 5.86. The van der Waals surface area contributed by atoms with Gasteiger partial charge in [0.05, 0.1) is 5.69 Å². The zero-order valence-corrected chi connectivity index (χ0v) is 10.3. The maximum absolute atomic E-state index is 13.4. The van der Waals surface area contributed by atoms with Crippen molar-refractivity contribution in [2.24, 2.45) is 0 Å². The lowest BCUT2D eigenvalue weighted by atomic mass is 10.2. The maximum Gasteiger partial charge on any atom is 0.196 e. The van der Waals surface area contributed by atoms with Gasteiger partial charge in [0.25, 0.3) is 0 Å². The first-order chi connectivity index (χ1) is 9.00. The van der Waals surface area contributed by atoms with Crippen LogP contribution < -0.4 is 5.32 Å². The molecule has 0 saturated heterocycles. The van der Waals surface area contributed by atoms with E-state index in [9.17, 15) is 18.3 Å². The van der Waals surface area contributed by atoms with Crippen molar-refractivity contribution in [2.45, 2.75) is 6.54 Å². The molecule has 19 heavy (non-hydrogen) atoms. The van der Waals surface area contributed by atoms with E-state index in [4.69, 9.17) is 11.6 Å². The molecule has 0 amide bonds. The molecule has 0 atom stereocenters. The van der Waals surface area contributed by atoms with E-state index in [0.717, 1.165) is 12.1 Å². The second-order valence-electron chi connectivity index (χ2n) is 3.81. The van der Waals surface area contributed by atoms with Crippen LogP contribution in [-0.4, -0.2) is 5.11 Å². The Balaban J connectivity index is 2.22. The van der Waals surface area contributed by atoms with Gasteiger partial charge >= 0.3 is 0 Å². The first-order valence-corrected chi connectivity index (χ1v) is 5.72. The number of rotatable bonds is 3. The van der Waals surface area contributed by atoms with Crippen molar-refractivity contribution in [3.8, 4) is 5.75 Å². The normalized spacial score (nSPS) is 10.5. The first-order valence-electron chi connectivity index (χ1n) is 5.34. The van der Waals surface area contributed by atoms with Gasteiger partial charge in [0.1, 0.15) is 5.75 Å². The van der Waals surface area contributed by atoms with Crippen molar-refractivity contribution in [3.63, 3.8) is 0 Å². The minimum Gasteiger partial charge on any atom is -0.508 e. The molecule has 2 aromatic rings. The molecule has 0 heterocycles. The van der Waals surface area contributed by atoms with E-state index in [2.05, 4.69) is 5.32 Å². The molecule has 0 fully saturated rings. The highest BCUT2D eigenvalue weighted by Gasteiger charge is 2.14. The number of benzene rings is 2. The zero-order valence-electron chi connectivity index (χ0n) is 9.55. The van der Waals surface area contributed by atoms with Gasteiger partial charge in [0.15, 0.2) is 17.5 Å². The highest BCUT2D eigenvalue weighted by Crippen LogP contribution is 2.27. The van der Waals surface area contributed by atoms with Crippen LogP contribution in [0.15, 0.2) is 30.3 Å². The van der Waals surface area contributed by atoms with Gasteiger partial charge in [-0.05, 0) is 24.3 Å². The number of hydrogen-bond donors (Lipinski definition) is 2. The highest BCUT2D eigenvalue weighted by atomic mass is 35.5. The number of aromatic hydroxyl groups is 1. The Morgan fingerprint density at radius 1 is 1.05 bits per heavy atom. The maximum atomic E-state index is 13.4. The molecule has 6 heteroatoms. The minimum absolute atomic E-state index is 0.0203. The number of halogens is 4. The van der Waals surface area contributed by atoms with Crippen LogP contribution in [0, 0.1) is 17.5 Å². The highest BCUT2D eigenvalue weighted by molar-refractivity contribution is 6.31. The fourth-order valence-corrected chi connectivity index (χ4v) is 1.80. The summed E-state index contributed by atoms with van der Waals surface area (Å²) in [7, 11) is 0. The van der Waals surface area contributed by atoms with Crippen LogP contribution in [0.2, 0.25) is 5.02 Å². The summed E-state index contributed by atoms with van der Waals surface area (Å²) in [4.78, 5) is 0. The molecule has 0 aliphatic rings. The molecule has 2 nitrogen and oxygen atoms in total. The summed E-state index contributed by atoms with van der Waals surface area (Å²) < 4.78 is 39.2. The fourth-order valence-electron chi connectivity index (χ4n) is 1.57. The monoisotopic (exact) mass is 287 g/mol. The lowest BCUT2D eigenvalue weighted by Crippen LogP contribution is -2.04. The lowest BCUT2D eigenvalue weighted by Gasteiger charge is -2.11. The summed E-state index contributed by atoms with van der Waals surface area (Å²) in [5.74, 6) is -4.19. The van der Waals surface area contributed by atoms with E-state index >= 15 is 0 Å². The number of phenols is 1. The third-order valence-corrected chi connectivity index (χ3v) is 2.94. The van der Waals surface area contributed by atoms with Crippen LogP contribution in [0.3, 0.4) is 0 Å². The summed E-state index contributed by atoms with van der Waals surface area (Å²) in [5.41, 5.74) is 0.131. The van der Waals surface area contributed by atoms with Crippen LogP contribution >= 0.6 is 11.6 Å². The largest absolute Gasteiger partial charge is 0.508 e. The quantitative estimate of drug-likeness (QED) is 0.834. The average Bonchev–Trinajstić information content (AvgIpc) is 2.38. The van der Waals surface area contributed by atoms with Crippen LogP contribution in [0.1, 0.15) is 5.56 Å². The molecule has 2 N–H and O–H groups in total. The Morgan fingerprint density at radius 2 is 1.79 bits per heavy atom. The third-order valence-electron chi connectivity index (χ3n) is 2.58. The molecule has 0 aliphatic carbocycles. The standard InChI is InChI=1S/C13H9ClF3NO/c14-8-2-1-3-11(19)7(8)6-18-10-5-4-9(15)12(16)13(10)17/h1-5,18-19H,6H2. The number of hydrogen-bond acceptors (Lipinski definition) is 2. The molecule has 0 saturated carbocycles.